The molecule has 1 aliphatic rings. The van der Waals surface area contributed by atoms with Gasteiger partial charge in [0.15, 0.2) is 0 Å². The van der Waals surface area contributed by atoms with Crippen LogP contribution < -0.4 is 4.90 Å². The van der Waals surface area contributed by atoms with E-state index in [1.54, 1.807) is 42.6 Å². The highest BCUT2D eigenvalue weighted by Crippen LogP contribution is 2.29. The fourth-order valence-electron chi connectivity index (χ4n) is 3.01. The molecule has 9 heteroatoms. The predicted octanol–water partition coefficient (Wildman–Crippen LogP) is 1.96. The van der Waals surface area contributed by atoms with Crippen LogP contribution in [0, 0.1) is 10.1 Å². The third kappa shape index (κ3) is 3.06. The van der Waals surface area contributed by atoms with E-state index in [0.717, 1.165) is 0 Å². The summed E-state index contributed by atoms with van der Waals surface area (Å²) in [6, 6.07) is 13.1. The highest BCUT2D eigenvalue weighted by atomic mass is 16.6. The number of ketones is 1. The number of benzene rings is 2. The molecule has 0 spiro atoms. The lowest BCUT2D eigenvalue weighted by Gasteiger charge is -2.14. The monoisotopic (exact) mass is 363 g/mol. The van der Waals surface area contributed by atoms with Crippen molar-refractivity contribution in [1.29, 1.82) is 0 Å². The summed E-state index contributed by atoms with van der Waals surface area (Å²) in [6.07, 6.45) is 1.65. The first-order valence-corrected chi connectivity index (χ1v) is 8.10. The van der Waals surface area contributed by atoms with Crippen molar-refractivity contribution < 1.29 is 14.5 Å². The van der Waals surface area contributed by atoms with Gasteiger partial charge >= 0.3 is 0 Å². The lowest BCUT2D eigenvalue weighted by molar-refractivity contribution is -0.384. The van der Waals surface area contributed by atoms with Gasteiger partial charge in [-0.25, -0.2) is 4.68 Å². The summed E-state index contributed by atoms with van der Waals surface area (Å²) in [5.74, 6) is -1.13. The highest BCUT2D eigenvalue weighted by molar-refractivity contribution is 6.52. The van der Waals surface area contributed by atoms with Gasteiger partial charge in [-0.15, -0.1) is 5.10 Å². The number of non-ortho nitro benzene ring substituents is 1. The van der Waals surface area contributed by atoms with Gasteiger partial charge in [-0.1, -0.05) is 29.5 Å². The number of para-hydroxylation sites is 1. The zero-order chi connectivity index (χ0) is 19.0. The molecule has 9 nitrogen and oxygen atoms in total. The topological polar surface area (TPSA) is 111 Å². The summed E-state index contributed by atoms with van der Waals surface area (Å²) in [4.78, 5) is 36.1. The Morgan fingerprint density at radius 3 is 2.67 bits per heavy atom. The Hall–Kier alpha value is -3.88. The maximum atomic E-state index is 12.2. The lowest BCUT2D eigenvalue weighted by Crippen LogP contribution is -2.29. The highest BCUT2D eigenvalue weighted by Gasteiger charge is 2.35. The zero-order valence-electron chi connectivity index (χ0n) is 14.0. The Labute approximate surface area is 153 Å². The number of nitro benzene ring substituents is 1. The van der Waals surface area contributed by atoms with Crippen LogP contribution in [0.5, 0.6) is 0 Å². The van der Waals surface area contributed by atoms with Gasteiger partial charge in [0.25, 0.3) is 17.4 Å². The number of aromatic nitrogens is 3. The third-order valence-corrected chi connectivity index (χ3v) is 4.25. The SMILES string of the molecule is O=C1C(=O)N(Cc2cn(Cc3cccc([N+](=O)[O-])c3)nn2)c2ccccc21. The molecule has 134 valence electrons. The van der Waals surface area contributed by atoms with Gasteiger partial charge in [-0.2, -0.15) is 0 Å². The average Bonchev–Trinajstić information content (AvgIpc) is 3.21. The number of carbonyl (C=O) groups excluding carboxylic acids is 2. The van der Waals surface area contributed by atoms with E-state index in [1.165, 1.54) is 21.7 Å². The fourth-order valence-corrected chi connectivity index (χ4v) is 3.01. The summed E-state index contributed by atoms with van der Waals surface area (Å²) >= 11 is 0. The van der Waals surface area contributed by atoms with E-state index in [1.807, 2.05) is 0 Å². The largest absolute Gasteiger partial charge is 0.299 e. The number of hydrogen-bond donors (Lipinski definition) is 0. The molecule has 2 heterocycles. The molecule has 1 amide bonds. The van der Waals surface area contributed by atoms with Gasteiger partial charge in [0.1, 0.15) is 5.69 Å². The van der Waals surface area contributed by atoms with E-state index in [-0.39, 0.29) is 12.2 Å². The number of carbonyl (C=O) groups is 2. The molecule has 0 atom stereocenters. The second kappa shape index (κ2) is 6.45. The molecule has 1 aliphatic heterocycles. The van der Waals surface area contributed by atoms with Crippen molar-refractivity contribution in [2.24, 2.45) is 0 Å². The third-order valence-electron chi connectivity index (χ3n) is 4.25. The molecule has 0 N–H and O–H groups in total. The second-order valence-corrected chi connectivity index (χ2v) is 6.07. The van der Waals surface area contributed by atoms with Gasteiger partial charge in [0.2, 0.25) is 0 Å². The van der Waals surface area contributed by atoms with Crippen molar-refractivity contribution >= 4 is 23.1 Å². The fraction of sp³-hybridized carbons (Fsp3) is 0.111. The molecule has 0 fully saturated rings. The van der Waals surface area contributed by atoms with Crippen LogP contribution in [0.15, 0.2) is 54.7 Å². The lowest BCUT2D eigenvalue weighted by atomic mass is 10.1. The van der Waals surface area contributed by atoms with Gasteiger partial charge in [-0.3, -0.25) is 24.6 Å². The minimum atomic E-state index is -0.593. The Morgan fingerprint density at radius 1 is 1.04 bits per heavy atom. The Bertz CT molecular complexity index is 1070. The number of Topliss-reactive ketones (excluding diaryl/α,β-unsaturated/α-hetero) is 1. The van der Waals surface area contributed by atoms with Crippen LogP contribution in [0.2, 0.25) is 0 Å². The van der Waals surface area contributed by atoms with Crippen molar-refractivity contribution in [2.75, 3.05) is 4.90 Å². The predicted molar refractivity (Wildman–Crippen MR) is 94.2 cm³/mol. The molecule has 1 aromatic heterocycles. The van der Waals surface area contributed by atoms with Crippen molar-refractivity contribution in [3.8, 4) is 0 Å². The van der Waals surface area contributed by atoms with Crippen molar-refractivity contribution in [1.82, 2.24) is 15.0 Å². The van der Waals surface area contributed by atoms with E-state index < -0.39 is 16.6 Å². The van der Waals surface area contributed by atoms with E-state index in [2.05, 4.69) is 10.3 Å². The first-order chi connectivity index (χ1) is 13.0. The van der Waals surface area contributed by atoms with Gasteiger partial charge in [0.05, 0.1) is 35.5 Å². The molecule has 2 aromatic carbocycles. The Balaban J connectivity index is 1.52. The second-order valence-electron chi connectivity index (χ2n) is 6.07. The van der Waals surface area contributed by atoms with E-state index in [0.29, 0.717) is 29.1 Å². The summed E-state index contributed by atoms with van der Waals surface area (Å²) in [5, 5.41) is 18.9. The van der Waals surface area contributed by atoms with Crippen molar-refractivity contribution in [2.45, 2.75) is 13.1 Å². The van der Waals surface area contributed by atoms with Crippen LogP contribution in [0.4, 0.5) is 11.4 Å². The molecule has 0 aliphatic carbocycles. The van der Waals surface area contributed by atoms with Crippen LogP contribution in [0.3, 0.4) is 0 Å². The number of hydrogen-bond acceptors (Lipinski definition) is 6. The first kappa shape index (κ1) is 16.6. The molecule has 3 aromatic rings. The molecular formula is C18H13N5O4. The number of nitro groups is 1. The number of amides is 1. The maximum Gasteiger partial charge on any atom is 0.299 e. The van der Waals surface area contributed by atoms with Crippen LogP contribution in [-0.2, 0) is 17.9 Å². The van der Waals surface area contributed by atoms with Crippen molar-refractivity contribution in [3.05, 3.63) is 81.7 Å². The van der Waals surface area contributed by atoms with Gasteiger partial charge < -0.3 is 0 Å². The van der Waals surface area contributed by atoms with Gasteiger partial charge in [-0.05, 0) is 17.7 Å². The smallest absolute Gasteiger partial charge is 0.299 e. The van der Waals surface area contributed by atoms with Gasteiger partial charge in [0, 0.05) is 12.1 Å². The Kier molecular flexibility index (Phi) is 3.96. The van der Waals surface area contributed by atoms with E-state index in [4.69, 9.17) is 0 Å². The molecule has 0 saturated heterocycles. The molecule has 4 rings (SSSR count). The standard InChI is InChI=1S/C18H13N5O4/c24-17-15-6-1-2-7-16(15)22(18(17)25)11-13-10-21(20-19-13)9-12-4-3-5-14(8-12)23(26)27/h1-8,10H,9,11H2. The maximum absolute atomic E-state index is 12.2. The number of anilines is 1. The van der Waals surface area contributed by atoms with Crippen molar-refractivity contribution in [3.63, 3.8) is 0 Å². The summed E-state index contributed by atoms with van der Waals surface area (Å²) < 4.78 is 1.53. The number of fused-ring (bicyclic) bond motifs is 1. The summed E-state index contributed by atoms with van der Waals surface area (Å²) in [6.45, 7) is 0.425. The minimum absolute atomic E-state index is 0.00521. The molecule has 27 heavy (non-hydrogen) atoms. The molecule has 0 bridgehead atoms. The number of rotatable bonds is 5. The number of nitrogens with zero attached hydrogens (tertiary/aromatic N) is 5. The molecule has 0 radical (unpaired) electrons. The van der Waals surface area contributed by atoms with Crippen LogP contribution in [0.25, 0.3) is 0 Å². The zero-order valence-corrected chi connectivity index (χ0v) is 14.0. The molecule has 0 saturated carbocycles. The van der Waals surface area contributed by atoms with E-state index >= 15 is 0 Å². The molecule has 0 unspecified atom stereocenters. The normalized spacial score (nSPS) is 13.1. The van der Waals surface area contributed by atoms with Crippen LogP contribution in [0.1, 0.15) is 21.6 Å². The summed E-state index contributed by atoms with van der Waals surface area (Å²) in [5.41, 5.74) is 2.16. The first-order valence-electron chi connectivity index (χ1n) is 8.10. The average molecular weight is 363 g/mol. The summed E-state index contributed by atoms with van der Waals surface area (Å²) in [7, 11) is 0. The van der Waals surface area contributed by atoms with E-state index in [9.17, 15) is 19.7 Å². The van der Waals surface area contributed by atoms with Crippen LogP contribution >= 0.6 is 0 Å². The Morgan fingerprint density at radius 2 is 1.85 bits per heavy atom. The molecular weight excluding hydrogens is 350 g/mol. The van der Waals surface area contributed by atoms with Crippen LogP contribution in [-0.4, -0.2) is 31.6 Å². The minimum Gasteiger partial charge on any atom is -0.299 e. The quantitative estimate of drug-likeness (QED) is 0.389.